The van der Waals surface area contributed by atoms with Gasteiger partial charge in [0, 0.05) is 35.1 Å². The number of para-hydroxylation sites is 1. The summed E-state index contributed by atoms with van der Waals surface area (Å²) in [5.41, 5.74) is 3.75. The highest BCUT2D eigenvalue weighted by molar-refractivity contribution is 6.01. The van der Waals surface area contributed by atoms with Gasteiger partial charge in [0.2, 0.25) is 5.88 Å². The summed E-state index contributed by atoms with van der Waals surface area (Å²) in [5, 5.41) is 17.5. The Hall–Kier alpha value is -3.41. The van der Waals surface area contributed by atoms with Crippen molar-refractivity contribution >= 4 is 11.7 Å². The SMILES string of the molecule is Cc1noc2c1[C@@H](c1ccccc1F)C1=C(C[C@H](c3ccccc3O)CC1=O)N2. The third-order valence-electron chi connectivity index (χ3n) is 5.85. The maximum atomic E-state index is 14.7. The molecule has 0 spiro atoms. The van der Waals surface area contributed by atoms with Crippen LogP contribution in [0.15, 0.2) is 64.3 Å². The number of fused-ring (bicyclic) bond motifs is 1. The molecule has 2 aliphatic rings. The number of Topliss-reactive ketones (excluding diaryl/α,β-unsaturated/α-hetero) is 1. The predicted octanol–water partition coefficient (Wildman–Crippen LogP) is 4.79. The van der Waals surface area contributed by atoms with Crippen molar-refractivity contribution in [1.82, 2.24) is 5.16 Å². The third kappa shape index (κ3) is 2.75. The number of halogens is 1. The first-order valence-electron chi connectivity index (χ1n) is 9.56. The van der Waals surface area contributed by atoms with Crippen LogP contribution in [0.3, 0.4) is 0 Å². The summed E-state index contributed by atoms with van der Waals surface area (Å²) in [5.74, 6) is -0.541. The van der Waals surface area contributed by atoms with Gasteiger partial charge < -0.3 is 14.9 Å². The van der Waals surface area contributed by atoms with Gasteiger partial charge >= 0.3 is 0 Å². The summed E-state index contributed by atoms with van der Waals surface area (Å²) in [6.45, 7) is 1.79. The summed E-state index contributed by atoms with van der Waals surface area (Å²) in [7, 11) is 0. The summed E-state index contributed by atoms with van der Waals surface area (Å²) in [6.07, 6.45) is 0.769. The molecule has 0 saturated carbocycles. The molecule has 0 amide bonds. The van der Waals surface area contributed by atoms with E-state index in [9.17, 15) is 14.3 Å². The molecule has 29 heavy (non-hydrogen) atoms. The van der Waals surface area contributed by atoms with Gasteiger partial charge in [-0.15, -0.1) is 0 Å². The van der Waals surface area contributed by atoms with E-state index in [0.717, 1.165) is 5.56 Å². The van der Waals surface area contributed by atoms with Crippen molar-refractivity contribution in [3.63, 3.8) is 0 Å². The van der Waals surface area contributed by atoms with Crippen LogP contribution in [-0.4, -0.2) is 16.0 Å². The van der Waals surface area contributed by atoms with Crippen LogP contribution in [0.1, 0.15) is 47.1 Å². The van der Waals surface area contributed by atoms with E-state index < -0.39 is 5.92 Å². The fourth-order valence-electron chi connectivity index (χ4n) is 4.55. The van der Waals surface area contributed by atoms with E-state index in [1.165, 1.54) is 6.07 Å². The Morgan fingerprint density at radius 2 is 1.83 bits per heavy atom. The van der Waals surface area contributed by atoms with Gasteiger partial charge in [0.05, 0.1) is 11.3 Å². The molecule has 2 atom stereocenters. The summed E-state index contributed by atoms with van der Waals surface area (Å²) >= 11 is 0. The first kappa shape index (κ1) is 17.7. The molecule has 0 saturated heterocycles. The normalized spacial score (nSPS) is 20.8. The van der Waals surface area contributed by atoms with Gasteiger partial charge in [-0.2, -0.15) is 0 Å². The van der Waals surface area contributed by atoms with E-state index in [2.05, 4.69) is 10.5 Å². The molecule has 1 aliphatic carbocycles. The van der Waals surface area contributed by atoms with Crippen molar-refractivity contribution in [3.05, 3.63) is 88.0 Å². The van der Waals surface area contributed by atoms with E-state index in [0.29, 0.717) is 40.4 Å². The van der Waals surface area contributed by atoms with Crippen molar-refractivity contribution in [1.29, 1.82) is 0 Å². The van der Waals surface area contributed by atoms with Crippen LogP contribution in [0.5, 0.6) is 5.75 Å². The number of hydrogen-bond acceptors (Lipinski definition) is 5. The molecule has 146 valence electrons. The monoisotopic (exact) mass is 390 g/mol. The molecule has 5 nitrogen and oxygen atoms in total. The van der Waals surface area contributed by atoms with Crippen LogP contribution in [0.4, 0.5) is 10.3 Å². The number of allylic oxidation sites excluding steroid dienone is 2. The van der Waals surface area contributed by atoms with Gasteiger partial charge in [-0.1, -0.05) is 41.6 Å². The molecule has 1 aromatic heterocycles. The van der Waals surface area contributed by atoms with Crippen LogP contribution in [0.2, 0.25) is 0 Å². The van der Waals surface area contributed by atoms with E-state index in [-0.39, 0.29) is 29.7 Å². The second-order valence-corrected chi connectivity index (χ2v) is 7.57. The number of nitrogens with one attached hydrogen (secondary N) is 1. The topological polar surface area (TPSA) is 75.4 Å². The molecular weight excluding hydrogens is 371 g/mol. The van der Waals surface area contributed by atoms with Crippen LogP contribution in [-0.2, 0) is 4.79 Å². The minimum atomic E-state index is -0.563. The number of nitrogens with zero attached hydrogens (tertiary/aromatic N) is 1. The average Bonchev–Trinajstić information content (AvgIpc) is 3.08. The number of carbonyl (C=O) groups excluding carboxylic acids is 1. The van der Waals surface area contributed by atoms with Crippen molar-refractivity contribution in [2.75, 3.05) is 5.32 Å². The zero-order valence-corrected chi connectivity index (χ0v) is 15.8. The van der Waals surface area contributed by atoms with Gasteiger partial charge in [-0.3, -0.25) is 4.79 Å². The zero-order chi connectivity index (χ0) is 20.1. The molecule has 0 unspecified atom stereocenters. The van der Waals surface area contributed by atoms with E-state index >= 15 is 0 Å². The van der Waals surface area contributed by atoms with Gasteiger partial charge in [0.25, 0.3) is 0 Å². The first-order chi connectivity index (χ1) is 14.0. The lowest BCUT2D eigenvalue weighted by atomic mass is 9.72. The Labute approximate surface area is 166 Å². The maximum Gasteiger partial charge on any atom is 0.233 e. The van der Waals surface area contributed by atoms with Crippen molar-refractivity contribution < 1.29 is 18.8 Å². The highest BCUT2D eigenvalue weighted by Gasteiger charge is 2.42. The number of ketones is 1. The van der Waals surface area contributed by atoms with Gasteiger partial charge in [-0.05, 0) is 31.0 Å². The predicted molar refractivity (Wildman–Crippen MR) is 105 cm³/mol. The van der Waals surface area contributed by atoms with E-state index in [1.54, 1.807) is 37.3 Å². The highest BCUT2D eigenvalue weighted by Crippen LogP contribution is 2.50. The summed E-state index contributed by atoms with van der Waals surface area (Å²) < 4.78 is 20.2. The molecule has 0 bridgehead atoms. The Bertz CT molecular complexity index is 1160. The summed E-state index contributed by atoms with van der Waals surface area (Å²) in [4.78, 5) is 13.3. The number of phenolic OH excluding ortho intramolecular Hbond substituents is 1. The van der Waals surface area contributed by atoms with Gasteiger partial charge in [-0.25, -0.2) is 4.39 Å². The molecule has 0 radical (unpaired) electrons. The lowest BCUT2D eigenvalue weighted by Gasteiger charge is -2.34. The largest absolute Gasteiger partial charge is 0.508 e. The smallest absolute Gasteiger partial charge is 0.233 e. The van der Waals surface area contributed by atoms with Gasteiger partial charge in [0.15, 0.2) is 5.78 Å². The number of rotatable bonds is 2. The molecule has 1 aliphatic heterocycles. The standard InChI is InChI=1S/C23H19FN2O3/c1-12-20-21(15-7-2-4-8-16(15)24)22-17(25-23(20)29-26-12)10-13(11-19(22)28)14-6-3-5-9-18(14)27/h2-9,13,21,25,27H,10-11H2,1H3/t13-,21+/m0/s1. The van der Waals surface area contributed by atoms with Crippen LogP contribution in [0, 0.1) is 12.7 Å². The molecule has 6 heteroatoms. The van der Waals surface area contributed by atoms with E-state index in [4.69, 9.17) is 4.52 Å². The van der Waals surface area contributed by atoms with Gasteiger partial charge in [0.1, 0.15) is 11.6 Å². The highest BCUT2D eigenvalue weighted by atomic mass is 19.1. The number of aromatic hydroxyl groups is 1. The number of aryl methyl sites for hydroxylation is 1. The molecular formula is C23H19FN2O3. The second-order valence-electron chi connectivity index (χ2n) is 7.57. The number of carbonyl (C=O) groups is 1. The van der Waals surface area contributed by atoms with E-state index in [1.807, 2.05) is 12.1 Å². The number of benzene rings is 2. The third-order valence-corrected chi connectivity index (χ3v) is 5.85. The lowest BCUT2D eigenvalue weighted by Crippen LogP contribution is -2.30. The molecule has 5 rings (SSSR count). The number of aromatic nitrogens is 1. The number of anilines is 1. The number of hydrogen-bond donors (Lipinski definition) is 2. The molecule has 2 aromatic carbocycles. The minimum Gasteiger partial charge on any atom is -0.508 e. The molecule has 0 fully saturated rings. The second kappa shape index (κ2) is 6.58. The first-order valence-corrected chi connectivity index (χ1v) is 9.56. The van der Waals surface area contributed by atoms with Crippen molar-refractivity contribution in [2.24, 2.45) is 0 Å². The van der Waals surface area contributed by atoms with Crippen molar-refractivity contribution in [3.8, 4) is 5.75 Å². The Morgan fingerprint density at radius 1 is 1.10 bits per heavy atom. The maximum absolute atomic E-state index is 14.7. The Morgan fingerprint density at radius 3 is 2.59 bits per heavy atom. The lowest BCUT2D eigenvalue weighted by molar-refractivity contribution is -0.116. The van der Waals surface area contributed by atoms with Crippen LogP contribution >= 0.6 is 0 Å². The Kier molecular flexibility index (Phi) is 4.01. The minimum absolute atomic E-state index is 0.0634. The zero-order valence-electron chi connectivity index (χ0n) is 15.8. The van der Waals surface area contributed by atoms with Crippen LogP contribution < -0.4 is 5.32 Å². The quantitative estimate of drug-likeness (QED) is 0.658. The molecule has 2 heterocycles. The number of phenols is 1. The van der Waals surface area contributed by atoms with Crippen LogP contribution in [0.25, 0.3) is 0 Å². The fraction of sp³-hybridized carbons (Fsp3) is 0.217. The molecule has 3 aromatic rings. The molecule has 2 N–H and O–H groups in total. The summed E-state index contributed by atoms with van der Waals surface area (Å²) in [6, 6.07) is 13.6. The fourth-order valence-corrected chi connectivity index (χ4v) is 4.55. The average molecular weight is 390 g/mol. The Balaban J connectivity index is 1.66. The van der Waals surface area contributed by atoms with Crippen molar-refractivity contribution in [2.45, 2.75) is 31.6 Å².